The van der Waals surface area contributed by atoms with E-state index in [0.717, 1.165) is 62.4 Å². The monoisotopic (exact) mass is 1130 g/mol. The van der Waals surface area contributed by atoms with Gasteiger partial charge in [0.25, 0.3) is 6.33 Å². The minimum Gasteiger partial charge on any atom is -0.510 e. The van der Waals surface area contributed by atoms with E-state index in [0.29, 0.717) is 11.5 Å². The summed E-state index contributed by atoms with van der Waals surface area (Å²) in [5.41, 5.74) is 18.2. The molecule has 0 amide bonds. The first-order valence-electron chi connectivity index (χ1n) is 25.4. The Kier molecular flexibility index (Phi) is 10.8. The summed E-state index contributed by atoms with van der Waals surface area (Å²) in [6, 6.07) is 73.4. The number of hydrogen-bond donors (Lipinski definition) is 0. The molecule has 11 aromatic rings. The molecule has 5 nitrogen and oxygen atoms in total. The minimum atomic E-state index is -1.50. The Balaban J connectivity index is 0.00000504. The fraction of sp³-hybridized carbons (Fsp3) is 0.169. The van der Waals surface area contributed by atoms with Gasteiger partial charge in [0.2, 0.25) is 0 Å². The zero-order valence-electron chi connectivity index (χ0n) is 40.7. The van der Waals surface area contributed by atoms with Gasteiger partial charge in [-0.2, -0.15) is 18.2 Å². The normalized spacial score (nSPS) is 14.5. The summed E-state index contributed by atoms with van der Waals surface area (Å²) in [5.74, 6) is 2.14. The van der Waals surface area contributed by atoms with Crippen molar-refractivity contribution in [3.8, 4) is 73.2 Å². The van der Waals surface area contributed by atoms with Gasteiger partial charge in [0.05, 0.1) is 24.8 Å². The fourth-order valence-corrected chi connectivity index (χ4v) is 18.1. The van der Waals surface area contributed by atoms with E-state index in [1.54, 1.807) is 10.8 Å². The average Bonchev–Trinajstić information content (AvgIpc) is 4.13. The molecule has 3 aliphatic heterocycles. The molecule has 354 valence electrons. The molecule has 0 bridgehead atoms. The second-order valence-corrected chi connectivity index (χ2v) is 25.6. The van der Waals surface area contributed by atoms with Crippen LogP contribution in [0.5, 0.6) is 11.5 Å². The molecule has 8 aromatic carbocycles. The molecular formula is C65H52N4OPtSi-2. The standard InChI is InChI=1S/C65H52N4OSi.Pt/c1-65(2,3)45-32-33-66-62(38-45)69-59-37-44-19-16-36-71(34-11-12-35-71)61(44)41-57(59)54-31-30-48(40-60(54)69)70-47-21-13-20-46(39-47)67-42-68-63-49(43-17-5-4-6-18-43)26-14-27-55(63)52-24-9-7-22-50(52)51-23-8-10-25-53(51)56-28-15-29-58(67)64(56)68;/h4-10,13-15,17-18,20-33,37-38,41H,11-12,16,19,34-36H2,1-3H3;/q-2;. The summed E-state index contributed by atoms with van der Waals surface area (Å²) >= 11 is 0. The second-order valence-electron chi connectivity index (χ2n) is 21.0. The summed E-state index contributed by atoms with van der Waals surface area (Å²) in [4.78, 5) is 5.06. The zero-order valence-corrected chi connectivity index (χ0v) is 44.0. The molecule has 72 heavy (non-hydrogen) atoms. The predicted molar refractivity (Wildman–Crippen MR) is 291 cm³/mol. The largest absolute Gasteiger partial charge is 0.510 e. The number of para-hydroxylation sites is 2. The van der Waals surface area contributed by atoms with Gasteiger partial charge in [-0.1, -0.05) is 190 Å². The molecule has 0 atom stereocenters. The second kappa shape index (κ2) is 17.3. The van der Waals surface area contributed by atoms with Gasteiger partial charge in [0.1, 0.15) is 5.82 Å². The maximum atomic E-state index is 6.87. The van der Waals surface area contributed by atoms with Gasteiger partial charge in [0, 0.05) is 44.3 Å². The quantitative estimate of drug-likeness (QED) is 0.0978. The van der Waals surface area contributed by atoms with Crippen molar-refractivity contribution in [3.05, 3.63) is 206 Å². The van der Waals surface area contributed by atoms with Crippen LogP contribution in [0.4, 0.5) is 0 Å². The number of nitrogens with zero attached hydrogens (tertiary/aromatic N) is 4. The van der Waals surface area contributed by atoms with Crippen LogP contribution in [-0.2, 0) is 32.9 Å². The summed E-state index contributed by atoms with van der Waals surface area (Å²) in [6.07, 6.45) is 11.1. The average molecular weight is 1130 g/mol. The third kappa shape index (κ3) is 7.12. The molecular weight excluding hydrogens is 1080 g/mol. The molecule has 0 radical (unpaired) electrons. The van der Waals surface area contributed by atoms with Gasteiger partial charge in [-0.05, 0) is 96.7 Å². The van der Waals surface area contributed by atoms with Gasteiger partial charge >= 0.3 is 0 Å². The van der Waals surface area contributed by atoms with Gasteiger partial charge in [-0.15, -0.1) is 29.7 Å². The Bertz CT molecular complexity index is 3950. The first-order valence-corrected chi connectivity index (χ1v) is 28.0. The minimum absolute atomic E-state index is 0. The van der Waals surface area contributed by atoms with Crippen molar-refractivity contribution in [1.29, 1.82) is 0 Å². The number of fused-ring (bicyclic) bond motifs is 12. The van der Waals surface area contributed by atoms with Crippen LogP contribution in [0.2, 0.25) is 18.1 Å². The maximum absolute atomic E-state index is 6.87. The smallest absolute Gasteiger partial charge is 0.268 e. The summed E-state index contributed by atoms with van der Waals surface area (Å²) in [5, 5.41) is 4.19. The van der Waals surface area contributed by atoms with Crippen LogP contribution >= 0.6 is 0 Å². The molecule has 3 aliphatic rings. The van der Waals surface area contributed by atoms with Gasteiger partial charge < -0.3 is 13.9 Å². The number of rotatable bonds is 5. The first-order chi connectivity index (χ1) is 34.8. The molecule has 1 fully saturated rings. The molecule has 1 spiro atoms. The number of aryl methyl sites for hydroxylation is 1. The number of pyridine rings is 1. The van der Waals surface area contributed by atoms with E-state index < -0.39 is 8.07 Å². The van der Waals surface area contributed by atoms with E-state index >= 15 is 0 Å². The van der Waals surface area contributed by atoms with Crippen molar-refractivity contribution < 1.29 is 30.4 Å². The number of benzene rings is 8. The van der Waals surface area contributed by atoms with E-state index in [1.165, 1.54) is 81.5 Å². The Morgan fingerprint density at radius 2 is 1.24 bits per heavy atom. The number of hydrogen-bond acceptors (Lipinski definition) is 2. The van der Waals surface area contributed by atoms with Crippen LogP contribution < -0.4 is 14.5 Å². The van der Waals surface area contributed by atoms with Crippen molar-refractivity contribution in [2.75, 3.05) is 0 Å². The Labute approximate surface area is 436 Å². The van der Waals surface area contributed by atoms with Crippen molar-refractivity contribution >= 4 is 46.1 Å². The molecule has 1 saturated heterocycles. The van der Waals surface area contributed by atoms with Crippen LogP contribution in [0, 0.1) is 18.5 Å². The van der Waals surface area contributed by atoms with Gasteiger partial charge in [-0.3, -0.25) is 4.57 Å². The molecule has 7 heteroatoms. The van der Waals surface area contributed by atoms with Gasteiger partial charge in [-0.25, -0.2) is 4.98 Å². The van der Waals surface area contributed by atoms with Crippen LogP contribution in [-0.4, -0.2) is 22.2 Å². The summed E-state index contributed by atoms with van der Waals surface area (Å²) in [7, 11) is -1.50. The third-order valence-electron chi connectivity index (χ3n) is 15.9. The number of imidazole rings is 1. The van der Waals surface area contributed by atoms with E-state index in [1.807, 2.05) is 12.3 Å². The first kappa shape index (κ1) is 44.8. The van der Waals surface area contributed by atoms with Crippen LogP contribution in [0.15, 0.2) is 176 Å². The summed E-state index contributed by atoms with van der Waals surface area (Å²) < 4.78 is 13.7. The molecule has 0 unspecified atom stereocenters. The Hall–Kier alpha value is -7.11. The Morgan fingerprint density at radius 3 is 2.01 bits per heavy atom. The molecule has 6 heterocycles. The van der Waals surface area contributed by atoms with Crippen molar-refractivity contribution in [2.24, 2.45) is 0 Å². The molecule has 14 rings (SSSR count). The molecule has 0 aliphatic carbocycles. The Morgan fingerprint density at radius 1 is 0.583 bits per heavy atom. The van der Waals surface area contributed by atoms with Crippen molar-refractivity contribution in [3.63, 3.8) is 0 Å². The van der Waals surface area contributed by atoms with Crippen LogP contribution in [0.1, 0.15) is 51.2 Å². The van der Waals surface area contributed by atoms with E-state index in [9.17, 15) is 0 Å². The zero-order chi connectivity index (χ0) is 47.4. The van der Waals surface area contributed by atoms with Gasteiger partial charge in [0.15, 0.2) is 0 Å². The van der Waals surface area contributed by atoms with E-state index in [2.05, 4.69) is 217 Å². The fourth-order valence-electron chi connectivity index (χ4n) is 12.6. The van der Waals surface area contributed by atoms with Crippen molar-refractivity contribution in [1.82, 2.24) is 14.1 Å². The molecule has 0 N–H and O–H groups in total. The van der Waals surface area contributed by atoms with Crippen molar-refractivity contribution in [2.45, 2.75) is 70.0 Å². The molecule has 3 aromatic heterocycles. The SMILES string of the molecule is CC(C)(C)c1ccnc(-n2c3[c-]c(Oc4[c-]c(-n5[c-][n+]6c7c(cccc75)-c5ccccc5-c5ccccc5-c5cccc(-c7ccccc7)c5-6)ccc4)ccc3c3cc4c(cc32)CCC[Si]42CCCC2)c1.[Pt]. The topological polar surface area (TPSA) is 35.9 Å². The van der Waals surface area contributed by atoms with Crippen LogP contribution in [0.3, 0.4) is 0 Å². The maximum Gasteiger partial charge on any atom is 0.268 e. The number of ether oxygens (including phenoxy) is 1. The molecule has 0 saturated carbocycles. The number of aromatic nitrogens is 4. The van der Waals surface area contributed by atoms with E-state index in [4.69, 9.17) is 9.72 Å². The third-order valence-corrected chi connectivity index (χ3v) is 21.5. The van der Waals surface area contributed by atoms with E-state index in [-0.39, 0.29) is 26.5 Å². The predicted octanol–water partition coefficient (Wildman–Crippen LogP) is 15.3. The summed E-state index contributed by atoms with van der Waals surface area (Å²) in [6.45, 7) is 6.81. The van der Waals surface area contributed by atoms with Crippen LogP contribution in [0.25, 0.3) is 94.5 Å².